The van der Waals surface area contributed by atoms with Gasteiger partial charge in [0.2, 0.25) is 0 Å². The Balaban J connectivity index is 1.74. The monoisotopic (exact) mass is 271 g/mol. The molecule has 20 heavy (non-hydrogen) atoms. The lowest BCUT2D eigenvalue weighted by atomic mass is 10.2. The average molecular weight is 271 g/mol. The summed E-state index contributed by atoms with van der Waals surface area (Å²) in [4.78, 5) is 16.3. The molecular weight excluding hydrogens is 257 g/mol. The molecule has 2 N–H and O–H groups in total. The summed E-state index contributed by atoms with van der Waals surface area (Å²) < 4.78 is 13.5. The molecule has 1 aliphatic carbocycles. The number of halogens is 1. The standard InChI is InChI=1S/C15H14FN3O/c16-11-4-1-2-5-12(11)19-15(20)13-6-3-7-14(18-13)17-10-8-9-10/h1-7,10H,8-9H2,(H,17,18)(H,19,20). The first-order valence-electron chi connectivity index (χ1n) is 6.52. The van der Waals surface area contributed by atoms with Crippen LogP contribution >= 0.6 is 0 Å². The molecule has 0 radical (unpaired) electrons. The SMILES string of the molecule is O=C(Nc1ccccc1F)c1cccc(NC2CC2)n1. The summed E-state index contributed by atoms with van der Waals surface area (Å²) >= 11 is 0. The van der Waals surface area contributed by atoms with Crippen LogP contribution in [-0.4, -0.2) is 16.9 Å². The summed E-state index contributed by atoms with van der Waals surface area (Å²) in [6.07, 6.45) is 2.26. The fourth-order valence-electron chi connectivity index (χ4n) is 1.83. The van der Waals surface area contributed by atoms with Crippen molar-refractivity contribution in [2.24, 2.45) is 0 Å². The first-order valence-corrected chi connectivity index (χ1v) is 6.52. The second-order valence-corrected chi connectivity index (χ2v) is 4.76. The number of carbonyl (C=O) groups excluding carboxylic acids is 1. The van der Waals surface area contributed by atoms with Crippen LogP contribution in [0, 0.1) is 5.82 Å². The van der Waals surface area contributed by atoms with Gasteiger partial charge < -0.3 is 10.6 Å². The van der Waals surface area contributed by atoms with Gasteiger partial charge in [-0.25, -0.2) is 9.37 Å². The molecule has 3 rings (SSSR count). The molecule has 0 bridgehead atoms. The lowest BCUT2D eigenvalue weighted by Gasteiger charge is -2.08. The second kappa shape index (κ2) is 5.28. The van der Waals surface area contributed by atoms with Gasteiger partial charge in [0, 0.05) is 6.04 Å². The molecular formula is C15H14FN3O. The molecule has 0 saturated heterocycles. The number of pyridine rings is 1. The Hall–Kier alpha value is -2.43. The van der Waals surface area contributed by atoms with E-state index in [0.717, 1.165) is 12.8 Å². The molecule has 5 heteroatoms. The van der Waals surface area contributed by atoms with Crippen LogP contribution in [-0.2, 0) is 0 Å². The Morgan fingerprint density at radius 3 is 2.70 bits per heavy atom. The van der Waals surface area contributed by atoms with Crippen molar-refractivity contribution in [3.05, 3.63) is 54.0 Å². The van der Waals surface area contributed by atoms with Crippen LogP contribution in [0.2, 0.25) is 0 Å². The lowest BCUT2D eigenvalue weighted by molar-refractivity contribution is 0.102. The van der Waals surface area contributed by atoms with E-state index in [1.165, 1.54) is 12.1 Å². The van der Waals surface area contributed by atoms with Crippen LogP contribution in [0.15, 0.2) is 42.5 Å². The minimum absolute atomic E-state index is 0.153. The Kier molecular flexibility index (Phi) is 3.33. The summed E-state index contributed by atoms with van der Waals surface area (Å²) in [6.45, 7) is 0. The quantitative estimate of drug-likeness (QED) is 0.898. The van der Waals surface area contributed by atoms with E-state index in [1.807, 2.05) is 6.07 Å². The van der Waals surface area contributed by atoms with E-state index >= 15 is 0 Å². The first kappa shape index (κ1) is 12.6. The van der Waals surface area contributed by atoms with Crippen LogP contribution in [0.25, 0.3) is 0 Å². The highest BCUT2D eigenvalue weighted by Crippen LogP contribution is 2.23. The third kappa shape index (κ3) is 2.93. The van der Waals surface area contributed by atoms with Gasteiger partial charge in [-0.1, -0.05) is 18.2 Å². The number of amides is 1. The summed E-state index contributed by atoms with van der Waals surface area (Å²) in [5, 5.41) is 5.74. The van der Waals surface area contributed by atoms with Gasteiger partial charge >= 0.3 is 0 Å². The third-order valence-corrected chi connectivity index (χ3v) is 3.03. The molecule has 102 valence electrons. The van der Waals surface area contributed by atoms with Gasteiger partial charge in [-0.3, -0.25) is 4.79 Å². The van der Waals surface area contributed by atoms with Gasteiger partial charge in [0.15, 0.2) is 0 Å². The van der Waals surface area contributed by atoms with E-state index in [4.69, 9.17) is 0 Å². The zero-order valence-electron chi connectivity index (χ0n) is 10.8. The maximum atomic E-state index is 13.5. The van der Waals surface area contributed by atoms with E-state index in [2.05, 4.69) is 15.6 Å². The zero-order chi connectivity index (χ0) is 13.9. The number of anilines is 2. The first-order chi connectivity index (χ1) is 9.72. The molecule has 0 unspecified atom stereocenters. The highest BCUT2D eigenvalue weighted by atomic mass is 19.1. The highest BCUT2D eigenvalue weighted by Gasteiger charge is 2.21. The van der Waals surface area contributed by atoms with Crippen molar-refractivity contribution in [3.63, 3.8) is 0 Å². The van der Waals surface area contributed by atoms with E-state index < -0.39 is 11.7 Å². The smallest absolute Gasteiger partial charge is 0.274 e. The molecule has 0 spiro atoms. The number of hydrogen-bond acceptors (Lipinski definition) is 3. The number of para-hydroxylation sites is 1. The summed E-state index contributed by atoms with van der Waals surface area (Å²) in [5.74, 6) is -0.212. The topological polar surface area (TPSA) is 54.0 Å². The normalized spacial score (nSPS) is 13.8. The van der Waals surface area contributed by atoms with E-state index in [9.17, 15) is 9.18 Å². The van der Waals surface area contributed by atoms with Gasteiger partial charge in [-0.05, 0) is 37.1 Å². The predicted octanol–water partition coefficient (Wildman–Crippen LogP) is 3.05. The van der Waals surface area contributed by atoms with Crippen molar-refractivity contribution >= 4 is 17.4 Å². The molecule has 1 aromatic heterocycles. The third-order valence-electron chi connectivity index (χ3n) is 3.03. The molecule has 1 aliphatic rings. The van der Waals surface area contributed by atoms with Gasteiger partial charge in [-0.15, -0.1) is 0 Å². The van der Waals surface area contributed by atoms with Crippen LogP contribution in [0.5, 0.6) is 0 Å². The fraction of sp³-hybridized carbons (Fsp3) is 0.200. The van der Waals surface area contributed by atoms with E-state index in [-0.39, 0.29) is 11.4 Å². The average Bonchev–Trinajstić information content (AvgIpc) is 3.25. The van der Waals surface area contributed by atoms with Crippen LogP contribution < -0.4 is 10.6 Å². The van der Waals surface area contributed by atoms with E-state index in [0.29, 0.717) is 11.9 Å². The zero-order valence-corrected chi connectivity index (χ0v) is 10.8. The fourth-order valence-corrected chi connectivity index (χ4v) is 1.83. The minimum Gasteiger partial charge on any atom is -0.367 e. The van der Waals surface area contributed by atoms with Crippen LogP contribution in [0.4, 0.5) is 15.9 Å². The van der Waals surface area contributed by atoms with Crippen molar-refractivity contribution in [1.29, 1.82) is 0 Å². The second-order valence-electron chi connectivity index (χ2n) is 4.76. The molecule has 1 fully saturated rings. The van der Waals surface area contributed by atoms with Gasteiger partial charge in [-0.2, -0.15) is 0 Å². The van der Waals surface area contributed by atoms with Crippen molar-refractivity contribution in [3.8, 4) is 0 Å². The molecule has 2 aromatic rings. The van der Waals surface area contributed by atoms with Crippen molar-refractivity contribution in [2.45, 2.75) is 18.9 Å². The molecule has 1 saturated carbocycles. The molecule has 4 nitrogen and oxygen atoms in total. The van der Waals surface area contributed by atoms with Crippen molar-refractivity contribution < 1.29 is 9.18 Å². The Labute approximate surface area is 116 Å². The predicted molar refractivity (Wildman–Crippen MR) is 75.2 cm³/mol. The van der Waals surface area contributed by atoms with Gasteiger partial charge in [0.05, 0.1) is 5.69 Å². The van der Waals surface area contributed by atoms with Gasteiger partial charge in [0.25, 0.3) is 5.91 Å². The molecule has 0 atom stereocenters. The molecule has 1 heterocycles. The number of aromatic nitrogens is 1. The lowest BCUT2D eigenvalue weighted by Crippen LogP contribution is -2.15. The number of carbonyl (C=O) groups is 1. The van der Waals surface area contributed by atoms with E-state index in [1.54, 1.807) is 24.3 Å². The minimum atomic E-state index is -0.465. The number of benzene rings is 1. The van der Waals surface area contributed by atoms with Crippen LogP contribution in [0.1, 0.15) is 23.3 Å². The molecule has 0 aliphatic heterocycles. The van der Waals surface area contributed by atoms with Crippen molar-refractivity contribution in [2.75, 3.05) is 10.6 Å². The van der Waals surface area contributed by atoms with Gasteiger partial charge in [0.1, 0.15) is 17.3 Å². The Morgan fingerprint density at radius 2 is 1.95 bits per heavy atom. The summed E-state index contributed by atoms with van der Waals surface area (Å²) in [6, 6.07) is 11.7. The number of nitrogens with one attached hydrogen (secondary N) is 2. The molecule has 1 amide bonds. The van der Waals surface area contributed by atoms with Crippen LogP contribution in [0.3, 0.4) is 0 Å². The number of nitrogens with zero attached hydrogens (tertiary/aromatic N) is 1. The maximum Gasteiger partial charge on any atom is 0.274 e. The number of rotatable bonds is 4. The largest absolute Gasteiger partial charge is 0.367 e. The highest BCUT2D eigenvalue weighted by molar-refractivity contribution is 6.03. The number of hydrogen-bond donors (Lipinski definition) is 2. The Morgan fingerprint density at radius 1 is 1.15 bits per heavy atom. The summed E-state index contributed by atoms with van der Waals surface area (Å²) in [5.41, 5.74) is 0.416. The Bertz CT molecular complexity index is 641. The summed E-state index contributed by atoms with van der Waals surface area (Å²) in [7, 11) is 0. The van der Waals surface area contributed by atoms with Crippen molar-refractivity contribution in [1.82, 2.24) is 4.98 Å². The maximum absolute atomic E-state index is 13.5. The molecule has 1 aromatic carbocycles.